The van der Waals surface area contributed by atoms with Crippen molar-refractivity contribution in [3.63, 3.8) is 0 Å². The van der Waals surface area contributed by atoms with E-state index in [2.05, 4.69) is 0 Å². The molecule has 0 aliphatic carbocycles. The molecule has 25 heavy (non-hydrogen) atoms. The van der Waals surface area contributed by atoms with Crippen LogP contribution in [0, 0.1) is 0 Å². The topological polar surface area (TPSA) is 78.9 Å². The number of esters is 3. The maximum atomic E-state index is 12.3. The van der Waals surface area contributed by atoms with E-state index in [9.17, 15) is 14.4 Å². The van der Waals surface area contributed by atoms with Crippen LogP contribution in [-0.4, -0.2) is 31.6 Å². The van der Waals surface area contributed by atoms with Gasteiger partial charge in [-0.3, -0.25) is 9.59 Å². The Kier molecular flexibility index (Phi) is 6.28. The number of hydrogen-bond donors (Lipinski definition) is 0. The van der Waals surface area contributed by atoms with Gasteiger partial charge >= 0.3 is 17.9 Å². The highest BCUT2D eigenvalue weighted by molar-refractivity contribution is 5.93. The molecule has 2 aromatic carbocycles. The second-order valence-electron chi connectivity index (χ2n) is 5.17. The number of benzene rings is 2. The molecule has 130 valence electrons. The van der Waals surface area contributed by atoms with Crippen molar-refractivity contribution in [2.24, 2.45) is 0 Å². The van der Waals surface area contributed by atoms with Gasteiger partial charge in [0, 0.05) is 6.92 Å². The predicted octanol–water partition coefficient (Wildman–Crippen LogP) is 2.73. The van der Waals surface area contributed by atoms with E-state index in [4.69, 9.17) is 14.2 Å². The minimum absolute atomic E-state index is 0.106. The van der Waals surface area contributed by atoms with Crippen LogP contribution >= 0.6 is 0 Å². The van der Waals surface area contributed by atoms with E-state index in [1.165, 1.54) is 26.2 Å². The molecule has 2 rings (SSSR count). The van der Waals surface area contributed by atoms with Gasteiger partial charge in [-0.1, -0.05) is 42.5 Å². The molecule has 0 aliphatic rings. The van der Waals surface area contributed by atoms with Gasteiger partial charge < -0.3 is 14.2 Å². The molecule has 0 N–H and O–H groups in total. The van der Waals surface area contributed by atoms with E-state index in [1.807, 2.05) is 6.07 Å². The summed E-state index contributed by atoms with van der Waals surface area (Å²) >= 11 is 0. The summed E-state index contributed by atoms with van der Waals surface area (Å²) in [5.74, 6) is -2.38. The zero-order valence-electron chi connectivity index (χ0n) is 13.9. The number of ether oxygens (including phenoxy) is 3. The number of carbonyl (C=O) groups is 3. The first-order valence-electron chi connectivity index (χ1n) is 7.60. The molecule has 0 amide bonds. The molecular weight excluding hydrogens is 324 g/mol. The molecule has 0 spiro atoms. The van der Waals surface area contributed by atoms with Gasteiger partial charge in [-0.15, -0.1) is 0 Å². The van der Waals surface area contributed by atoms with Gasteiger partial charge in [0.05, 0.1) is 7.11 Å². The highest BCUT2D eigenvalue weighted by Crippen LogP contribution is 2.22. The van der Waals surface area contributed by atoms with Gasteiger partial charge in [0.2, 0.25) is 0 Å². The summed E-state index contributed by atoms with van der Waals surface area (Å²) in [4.78, 5) is 35.5. The van der Waals surface area contributed by atoms with Crippen molar-refractivity contribution in [2.75, 3.05) is 13.7 Å². The van der Waals surface area contributed by atoms with E-state index in [0.717, 1.165) is 0 Å². The number of carbonyl (C=O) groups excluding carboxylic acids is 3. The third-order valence-corrected chi connectivity index (χ3v) is 3.43. The molecule has 0 aromatic heterocycles. The second-order valence-corrected chi connectivity index (χ2v) is 5.17. The smallest absolute Gasteiger partial charge is 0.341 e. The van der Waals surface area contributed by atoms with Crippen molar-refractivity contribution >= 4 is 17.9 Å². The second kappa shape index (κ2) is 8.63. The van der Waals surface area contributed by atoms with Gasteiger partial charge in [-0.2, -0.15) is 0 Å². The van der Waals surface area contributed by atoms with E-state index in [0.29, 0.717) is 5.56 Å². The van der Waals surface area contributed by atoms with E-state index in [-0.39, 0.29) is 17.9 Å². The fourth-order valence-electron chi connectivity index (χ4n) is 2.24. The molecule has 1 unspecified atom stereocenters. The zero-order valence-corrected chi connectivity index (χ0v) is 13.9. The van der Waals surface area contributed by atoms with Crippen molar-refractivity contribution in [3.8, 4) is 5.75 Å². The lowest BCUT2D eigenvalue weighted by Crippen LogP contribution is -2.22. The molecular formula is C19H18O6. The van der Waals surface area contributed by atoms with Gasteiger partial charge in [0.1, 0.15) is 23.8 Å². The Morgan fingerprint density at radius 2 is 1.60 bits per heavy atom. The quantitative estimate of drug-likeness (QED) is 0.593. The molecule has 0 fully saturated rings. The minimum Gasteiger partial charge on any atom is -0.468 e. The summed E-state index contributed by atoms with van der Waals surface area (Å²) in [7, 11) is 1.27. The Bertz CT molecular complexity index is 754. The molecule has 0 saturated carbocycles. The van der Waals surface area contributed by atoms with Crippen LogP contribution in [0.4, 0.5) is 0 Å². The van der Waals surface area contributed by atoms with Crippen LogP contribution in [0.1, 0.15) is 28.8 Å². The molecule has 0 aliphatic heterocycles. The van der Waals surface area contributed by atoms with E-state index >= 15 is 0 Å². The lowest BCUT2D eigenvalue weighted by Gasteiger charge is -2.16. The van der Waals surface area contributed by atoms with Crippen LogP contribution in [0.2, 0.25) is 0 Å². The molecule has 0 radical (unpaired) electrons. The maximum Gasteiger partial charge on any atom is 0.341 e. The summed E-state index contributed by atoms with van der Waals surface area (Å²) in [6.07, 6.45) is 0. The Balaban J connectivity index is 2.14. The van der Waals surface area contributed by atoms with Crippen LogP contribution in [0.5, 0.6) is 5.75 Å². The SMILES string of the molecule is COC(=O)C(COC(=O)c1ccccc1OC(C)=O)c1ccccc1. The summed E-state index contributed by atoms with van der Waals surface area (Å²) in [5.41, 5.74) is 0.782. The normalized spacial score (nSPS) is 11.3. The van der Waals surface area contributed by atoms with Crippen LogP contribution < -0.4 is 4.74 Å². The Labute approximate surface area is 145 Å². The highest BCUT2D eigenvalue weighted by Gasteiger charge is 2.24. The van der Waals surface area contributed by atoms with Crippen molar-refractivity contribution in [3.05, 3.63) is 65.7 Å². The first-order valence-corrected chi connectivity index (χ1v) is 7.60. The zero-order chi connectivity index (χ0) is 18.2. The largest absolute Gasteiger partial charge is 0.468 e. The average molecular weight is 342 g/mol. The molecule has 0 heterocycles. The molecule has 2 aromatic rings. The summed E-state index contributed by atoms with van der Waals surface area (Å²) in [5, 5.41) is 0. The fraction of sp³-hybridized carbons (Fsp3) is 0.211. The lowest BCUT2D eigenvalue weighted by molar-refractivity contribution is -0.143. The minimum atomic E-state index is -0.740. The standard InChI is InChI=1S/C19H18O6/c1-13(20)25-17-11-7-6-10-15(17)19(22)24-12-16(18(21)23-2)14-8-4-3-5-9-14/h3-11,16H,12H2,1-2H3. The van der Waals surface area contributed by atoms with Gasteiger partial charge in [-0.05, 0) is 17.7 Å². The van der Waals surface area contributed by atoms with Crippen molar-refractivity contribution in [1.82, 2.24) is 0 Å². The summed E-state index contributed by atoms with van der Waals surface area (Å²) < 4.78 is 15.0. The Hall–Kier alpha value is -3.15. The number of methoxy groups -OCH3 is 1. The third kappa shape index (κ3) is 4.91. The number of para-hydroxylation sites is 1. The summed E-state index contributed by atoms with van der Waals surface area (Å²) in [6.45, 7) is 1.05. The van der Waals surface area contributed by atoms with E-state index < -0.39 is 23.8 Å². The monoisotopic (exact) mass is 342 g/mol. The Morgan fingerprint density at radius 3 is 2.24 bits per heavy atom. The maximum absolute atomic E-state index is 12.3. The number of rotatable bonds is 6. The van der Waals surface area contributed by atoms with Crippen molar-refractivity contribution < 1.29 is 28.6 Å². The highest BCUT2D eigenvalue weighted by atomic mass is 16.6. The molecule has 0 bridgehead atoms. The van der Waals surface area contributed by atoms with E-state index in [1.54, 1.807) is 36.4 Å². The van der Waals surface area contributed by atoms with Gasteiger partial charge in [0.25, 0.3) is 0 Å². The van der Waals surface area contributed by atoms with Crippen LogP contribution in [0.15, 0.2) is 54.6 Å². The van der Waals surface area contributed by atoms with Crippen molar-refractivity contribution in [1.29, 1.82) is 0 Å². The van der Waals surface area contributed by atoms with Crippen LogP contribution in [-0.2, 0) is 19.1 Å². The Morgan fingerprint density at radius 1 is 0.960 bits per heavy atom. The van der Waals surface area contributed by atoms with Gasteiger partial charge in [0.15, 0.2) is 0 Å². The molecule has 0 saturated heterocycles. The van der Waals surface area contributed by atoms with Crippen LogP contribution in [0.3, 0.4) is 0 Å². The van der Waals surface area contributed by atoms with Crippen LogP contribution in [0.25, 0.3) is 0 Å². The molecule has 1 atom stereocenters. The number of hydrogen-bond acceptors (Lipinski definition) is 6. The first-order chi connectivity index (χ1) is 12.0. The fourth-order valence-corrected chi connectivity index (χ4v) is 2.24. The van der Waals surface area contributed by atoms with Crippen molar-refractivity contribution in [2.45, 2.75) is 12.8 Å². The summed E-state index contributed by atoms with van der Waals surface area (Å²) in [6, 6.07) is 15.1. The average Bonchev–Trinajstić information content (AvgIpc) is 2.62. The molecule has 6 nitrogen and oxygen atoms in total. The predicted molar refractivity (Wildman–Crippen MR) is 89.2 cm³/mol. The first kappa shape index (κ1) is 18.2. The van der Waals surface area contributed by atoms with Gasteiger partial charge in [-0.25, -0.2) is 4.79 Å². The third-order valence-electron chi connectivity index (χ3n) is 3.43. The molecule has 6 heteroatoms. The lowest BCUT2D eigenvalue weighted by atomic mass is 10.0.